The van der Waals surface area contributed by atoms with Gasteiger partial charge in [0, 0.05) is 41.8 Å². The molecule has 1 aliphatic heterocycles. The van der Waals surface area contributed by atoms with Crippen molar-refractivity contribution in [2.45, 2.75) is 25.4 Å². The largest absolute Gasteiger partial charge is 0.497 e. The van der Waals surface area contributed by atoms with E-state index in [0.717, 1.165) is 65.9 Å². The first kappa shape index (κ1) is 20.9. The maximum Gasteiger partial charge on any atom is 0.254 e. The summed E-state index contributed by atoms with van der Waals surface area (Å²) in [5.41, 5.74) is 3.51. The van der Waals surface area contributed by atoms with Crippen LogP contribution in [0, 0.1) is 0 Å². The van der Waals surface area contributed by atoms with E-state index < -0.39 is 0 Å². The van der Waals surface area contributed by atoms with Gasteiger partial charge in [-0.05, 0) is 37.1 Å². The maximum absolute atomic E-state index is 13.5. The molecule has 5 rings (SSSR count). The lowest BCUT2D eigenvalue weighted by atomic mass is 10.1. The zero-order chi connectivity index (χ0) is 21.9. The Morgan fingerprint density at radius 1 is 1.12 bits per heavy atom. The Morgan fingerprint density at radius 2 is 1.84 bits per heavy atom. The first-order chi connectivity index (χ1) is 15.7. The van der Waals surface area contributed by atoms with E-state index in [-0.39, 0.29) is 11.9 Å². The van der Waals surface area contributed by atoms with E-state index in [4.69, 9.17) is 9.26 Å². The summed E-state index contributed by atoms with van der Waals surface area (Å²) >= 11 is 1.96. The van der Waals surface area contributed by atoms with E-state index >= 15 is 0 Å². The summed E-state index contributed by atoms with van der Waals surface area (Å²) in [5, 5.41) is 4.47. The standard InChI is InChI=1S/C25H27N3O3S/c1-30-21-11-7-19(8-12-21)24(29)28(20-9-10-20)17-22-23(18-5-3-2-4-6-18)26-31-25(22)27-13-15-32-16-14-27/h2-8,11-12,20H,9-10,13-17H2,1H3. The van der Waals surface area contributed by atoms with Gasteiger partial charge in [0.2, 0.25) is 5.88 Å². The summed E-state index contributed by atoms with van der Waals surface area (Å²) in [5.74, 6) is 3.72. The van der Waals surface area contributed by atoms with Gasteiger partial charge in [-0.3, -0.25) is 4.79 Å². The van der Waals surface area contributed by atoms with Crippen LogP contribution in [-0.2, 0) is 6.54 Å². The molecule has 0 radical (unpaired) electrons. The summed E-state index contributed by atoms with van der Waals surface area (Å²) in [6, 6.07) is 17.7. The highest BCUT2D eigenvalue weighted by atomic mass is 32.2. The Balaban J connectivity index is 1.49. The van der Waals surface area contributed by atoms with Crippen molar-refractivity contribution in [1.29, 1.82) is 0 Å². The number of carbonyl (C=O) groups excluding carboxylic acids is 1. The number of hydrogen-bond donors (Lipinski definition) is 0. The minimum atomic E-state index is 0.0375. The van der Waals surface area contributed by atoms with Gasteiger partial charge in [-0.15, -0.1) is 0 Å². The van der Waals surface area contributed by atoms with Crippen LogP contribution in [-0.4, -0.2) is 53.7 Å². The number of rotatable bonds is 7. The summed E-state index contributed by atoms with van der Waals surface area (Å²) < 4.78 is 11.2. The van der Waals surface area contributed by atoms with Gasteiger partial charge in [-0.1, -0.05) is 35.5 Å². The number of benzene rings is 2. The Kier molecular flexibility index (Phi) is 6.08. The summed E-state index contributed by atoms with van der Waals surface area (Å²) in [4.78, 5) is 17.8. The zero-order valence-corrected chi connectivity index (χ0v) is 19.0. The first-order valence-electron chi connectivity index (χ1n) is 11.1. The minimum absolute atomic E-state index is 0.0375. The molecule has 1 saturated heterocycles. The van der Waals surface area contributed by atoms with Crippen LogP contribution in [0.5, 0.6) is 5.75 Å². The molecule has 0 N–H and O–H groups in total. The molecule has 2 aliphatic rings. The van der Waals surface area contributed by atoms with Gasteiger partial charge in [0.05, 0.1) is 19.2 Å². The molecule has 0 unspecified atom stereocenters. The number of hydrogen-bond acceptors (Lipinski definition) is 6. The molecule has 0 spiro atoms. The van der Waals surface area contributed by atoms with Gasteiger partial charge in [0.1, 0.15) is 11.4 Å². The second kappa shape index (κ2) is 9.28. The molecule has 2 heterocycles. The minimum Gasteiger partial charge on any atom is -0.497 e. The second-order valence-corrected chi connectivity index (χ2v) is 9.40. The van der Waals surface area contributed by atoms with Crippen LogP contribution in [0.1, 0.15) is 28.8 Å². The highest BCUT2D eigenvalue weighted by molar-refractivity contribution is 7.99. The second-order valence-electron chi connectivity index (χ2n) is 8.17. The number of anilines is 1. The average molecular weight is 450 g/mol. The van der Waals surface area contributed by atoms with Crippen molar-refractivity contribution >= 4 is 23.6 Å². The predicted octanol–water partition coefficient (Wildman–Crippen LogP) is 4.71. The van der Waals surface area contributed by atoms with Crippen LogP contribution >= 0.6 is 11.8 Å². The van der Waals surface area contributed by atoms with E-state index in [0.29, 0.717) is 12.1 Å². The van der Waals surface area contributed by atoms with Crippen LogP contribution in [0.2, 0.25) is 0 Å². The molecule has 0 atom stereocenters. The summed E-state index contributed by atoms with van der Waals surface area (Å²) in [6.07, 6.45) is 2.06. The number of amides is 1. The van der Waals surface area contributed by atoms with Crippen LogP contribution < -0.4 is 9.64 Å². The van der Waals surface area contributed by atoms with Crippen LogP contribution in [0.3, 0.4) is 0 Å². The number of methoxy groups -OCH3 is 1. The van der Waals surface area contributed by atoms with Gasteiger partial charge in [-0.25, -0.2) is 0 Å². The van der Waals surface area contributed by atoms with Crippen LogP contribution in [0.15, 0.2) is 59.1 Å². The number of carbonyl (C=O) groups is 1. The third-order valence-corrected chi connectivity index (χ3v) is 6.97. The lowest BCUT2D eigenvalue weighted by Gasteiger charge is -2.28. The van der Waals surface area contributed by atoms with Gasteiger partial charge in [-0.2, -0.15) is 11.8 Å². The van der Waals surface area contributed by atoms with Gasteiger partial charge in [0.25, 0.3) is 5.91 Å². The molecule has 2 aromatic carbocycles. The molecule has 6 nitrogen and oxygen atoms in total. The molecular weight excluding hydrogens is 422 g/mol. The summed E-state index contributed by atoms with van der Waals surface area (Å²) in [6.45, 7) is 2.34. The molecule has 1 saturated carbocycles. The third kappa shape index (κ3) is 4.35. The van der Waals surface area contributed by atoms with Crippen molar-refractivity contribution in [3.63, 3.8) is 0 Å². The molecule has 2 fully saturated rings. The highest BCUT2D eigenvalue weighted by Gasteiger charge is 2.36. The van der Waals surface area contributed by atoms with Gasteiger partial charge >= 0.3 is 0 Å². The molecule has 7 heteroatoms. The number of nitrogens with zero attached hydrogens (tertiary/aromatic N) is 3. The summed E-state index contributed by atoms with van der Waals surface area (Å²) in [7, 11) is 1.63. The number of aromatic nitrogens is 1. The van der Waals surface area contributed by atoms with E-state index in [1.165, 1.54) is 0 Å². The molecule has 0 bridgehead atoms. The van der Waals surface area contributed by atoms with Crippen molar-refractivity contribution in [1.82, 2.24) is 10.1 Å². The Labute approximate surface area is 192 Å². The van der Waals surface area contributed by atoms with E-state index in [2.05, 4.69) is 10.1 Å². The molecule has 32 heavy (non-hydrogen) atoms. The fraction of sp³-hybridized carbons (Fsp3) is 0.360. The smallest absolute Gasteiger partial charge is 0.254 e. The SMILES string of the molecule is COc1ccc(C(=O)N(Cc2c(-c3ccccc3)noc2N2CCSCC2)C2CC2)cc1. The lowest BCUT2D eigenvalue weighted by molar-refractivity contribution is 0.0730. The van der Waals surface area contributed by atoms with Crippen molar-refractivity contribution in [3.8, 4) is 17.0 Å². The van der Waals surface area contributed by atoms with Crippen molar-refractivity contribution < 1.29 is 14.1 Å². The van der Waals surface area contributed by atoms with E-state index in [1.807, 2.05) is 71.3 Å². The third-order valence-electron chi connectivity index (χ3n) is 6.03. The molecule has 1 aromatic heterocycles. The fourth-order valence-electron chi connectivity index (χ4n) is 4.10. The topological polar surface area (TPSA) is 58.8 Å². The van der Waals surface area contributed by atoms with Crippen molar-refractivity contribution in [3.05, 3.63) is 65.7 Å². The quantitative estimate of drug-likeness (QED) is 0.521. The first-order valence-corrected chi connectivity index (χ1v) is 12.2. The lowest BCUT2D eigenvalue weighted by Crippen LogP contribution is -2.35. The van der Waals surface area contributed by atoms with Crippen LogP contribution in [0.4, 0.5) is 5.88 Å². The molecule has 166 valence electrons. The number of ether oxygens (including phenoxy) is 1. The highest BCUT2D eigenvalue weighted by Crippen LogP contribution is 2.37. The Morgan fingerprint density at radius 3 is 2.50 bits per heavy atom. The zero-order valence-electron chi connectivity index (χ0n) is 18.2. The molecular formula is C25H27N3O3S. The molecule has 1 amide bonds. The predicted molar refractivity (Wildman–Crippen MR) is 127 cm³/mol. The molecule has 1 aliphatic carbocycles. The fourth-order valence-corrected chi connectivity index (χ4v) is 5.01. The Bertz CT molecular complexity index is 1060. The number of thioether (sulfide) groups is 1. The van der Waals surface area contributed by atoms with E-state index in [1.54, 1.807) is 7.11 Å². The van der Waals surface area contributed by atoms with Gasteiger partial charge in [0.15, 0.2) is 0 Å². The van der Waals surface area contributed by atoms with Crippen molar-refractivity contribution in [2.24, 2.45) is 0 Å². The average Bonchev–Trinajstić information content (AvgIpc) is 3.62. The monoisotopic (exact) mass is 449 g/mol. The van der Waals surface area contributed by atoms with Gasteiger partial charge < -0.3 is 19.1 Å². The Hall–Kier alpha value is -2.93. The normalized spacial score (nSPS) is 16.1. The molecule has 3 aromatic rings. The van der Waals surface area contributed by atoms with Crippen molar-refractivity contribution in [2.75, 3.05) is 36.6 Å². The maximum atomic E-state index is 13.5. The van der Waals surface area contributed by atoms with E-state index in [9.17, 15) is 4.79 Å². The van der Waals surface area contributed by atoms with Crippen LogP contribution in [0.25, 0.3) is 11.3 Å².